The lowest BCUT2D eigenvalue weighted by molar-refractivity contribution is -0.204. The summed E-state index contributed by atoms with van der Waals surface area (Å²) in [5, 5.41) is 11.5. The van der Waals surface area contributed by atoms with E-state index in [4.69, 9.17) is 4.74 Å². The molecule has 13 nitrogen and oxygen atoms in total. The number of nitrogens with one attached hydrogen (secondary N) is 2. The van der Waals surface area contributed by atoms with Crippen LogP contribution in [0.15, 0.2) is 30.4 Å². The van der Waals surface area contributed by atoms with E-state index in [2.05, 4.69) is 10.0 Å². The summed E-state index contributed by atoms with van der Waals surface area (Å²) >= 11 is 0. The number of allylic oxidation sites excluding steroid dienone is 1. The van der Waals surface area contributed by atoms with Gasteiger partial charge in [-0.2, -0.15) is 13.2 Å². The van der Waals surface area contributed by atoms with Crippen molar-refractivity contribution in [1.29, 1.82) is 0 Å². The molecular weight excluding hydrogens is 716 g/mol. The lowest BCUT2D eigenvalue weighted by Crippen LogP contribution is -2.57. The first-order valence-electron chi connectivity index (χ1n) is 17.3. The van der Waals surface area contributed by atoms with Crippen LogP contribution in [0.2, 0.25) is 0 Å². The second-order valence-electron chi connectivity index (χ2n) is 14.3. The molecule has 4 amide bonds. The molecule has 3 N–H and O–H groups in total. The highest BCUT2D eigenvalue weighted by Gasteiger charge is 2.62. The average molecular weight is 757 g/mol. The molecule has 1 saturated heterocycles. The predicted octanol–water partition coefficient (Wildman–Crippen LogP) is 2.75. The van der Waals surface area contributed by atoms with Crippen molar-refractivity contribution in [1.82, 2.24) is 19.8 Å². The van der Waals surface area contributed by atoms with E-state index in [0.717, 1.165) is 4.90 Å². The van der Waals surface area contributed by atoms with Crippen LogP contribution < -0.4 is 10.0 Å². The monoisotopic (exact) mass is 756 g/mol. The molecule has 1 aromatic rings. The summed E-state index contributed by atoms with van der Waals surface area (Å²) in [6.45, 7) is -0.460. The van der Waals surface area contributed by atoms with Crippen LogP contribution in [0, 0.1) is 17.7 Å². The Morgan fingerprint density at radius 3 is 2.54 bits per heavy atom. The van der Waals surface area contributed by atoms with Gasteiger partial charge in [0.15, 0.2) is 5.78 Å². The van der Waals surface area contributed by atoms with Gasteiger partial charge in [-0.05, 0) is 50.2 Å². The number of nitrogens with zero attached hydrogens (tertiary/aromatic N) is 2. The molecule has 0 bridgehead atoms. The number of Topliss-reactive ketones (excluding diaryl/α,β-unsaturated/α-hetero) is 1. The molecule has 6 atom stereocenters. The van der Waals surface area contributed by atoms with Crippen LogP contribution in [0.25, 0.3) is 0 Å². The number of hydrogen-bond acceptors (Lipinski definition) is 9. The van der Waals surface area contributed by atoms with Gasteiger partial charge in [-0.25, -0.2) is 17.6 Å². The molecule has 6 rings (SSSR count). The lowest BCUT2D eigenvalue weighted by atomic mass is 9.92. The van der Waals surface area contributed by atoms with Crippen molar-refractivity contribution in [3.8, 4) is 0 Å². The highest BCUT2D eigenvalue weighted by atomic mass is 32.2. The van der Waals surface area contributed by atoms with Crippen LogP contribution in [0.3, 0.4) is 0 Å². The Bertz CT molecular complexity index is 1770. The second-order valence-corrected chi connectivity index (χ2v) is 16.3. The molecule has 5 aliphatic rings. The molecule has 2 aliphatic carbocycles. The fraction of sp³-hybridized carbons (Fsp3) is 0.618. The number of aliphatic hydroxyl groups excluding tert-OH is 1. The van der Waals surface area contributed by atoms with E-state index in [-0.39, 0.29) is 32.4 Å². The number of ketones is 1. The summed E-state index contributed by atoms with van der Waals surface area (Å²) < 4.78 is 87.2. The summed E-state index contributed by atoms with van der Waals surface area (Å²) in [7, 11) is -4.00. The van der Waals surface area contributed by atoms with E-state index in [1.807, 2.05) is 0 Å². The SMILES string of the molecule is O=C(C[C@H]1CCCCC/C=C\[C@@H]2C[C@@]2(C(=O)NS(=O)(=O)C2CC2)NC(=O)[C@@H]2C[C@@H](OC(=O)N3Cc4cccc(F)c4C3)CN2C1=O)C(O)C(F)(F)F. The van der Waals surface area contributed by atoms with E-state index in [0.29, 0.717) is 49.7 Å². The van der Waals surface area contributed by atoms with Gasteiger partial charge in [-0.1, -0.05) is 37.1 Å². The first-order valence-corrected chi connectivity index (χ1v) is 18.9. The van der Waals surface area contributed by atoms with Crippen LogP contribution in [-0.4, -0.2) is 94.7 Å². The van der Waals surface area contributed by atoms with E-state index < -0.39 is 105 Å². The number of carbonyl (C=O) groups is 5. The number of aliphatic hydroxyl groups is 1. The minimum absolute atomic E-state index is 0.0349. The molecule has 1 unspecified atom stereocenters. The number of ether oxygens (including phenoxy) is 1. The zero-order chi connectivity index (χ0) is 37.6. The third kappa shape index (κ3) is 7.96. The van der Waals surface area contributed by atoms with Crippen molar-refractivity contribution in [2.24, 2.45) is 11.8 Å². The van der Waals surface area contributed by atoms with Gasteiger partial charge >= 0.3 is 12.3 Å². The molecule has 3 heterocycles. The highest BCUT2D eigenvalue weighted by Crippen LogP contribution is 2.46. The Morgan fingerprint density at radius 2 is 1.85 bits per heavy atom. The molecule has 0 spiro atoms. The van der Waals surface area contributed by atoms with Crippen LogP contribution in [0.1, 0.15) is 75.3 Å². The smallest absolute Gasteiger partial charge is 0.421 e. The van der Waals surface area contributed by atoms with E-state index in [1.165, 1.54) is 17.0 Å². The van der Waals surface area contributed by atoms with Crippen molar-refractivity contribution >= 4 is 39.6 Å². The molecule has 3 aliphatic heterocycles. The Labute approximate surface area is 297 Å². The van der Waals surface area contributed by atoms with Crippen molar-refractivity contribution in [2.45, 2.75) is 113 Å². The maximum Gasteiger partial charge on any atom is 0.421 e. The fourth-order valence-electron chi connectivity index (χ4n) is 7.24. The molecular formula is C34H40F4N4O9S. The Morgan fingerprint density at radius 1 is 1.10 bits per heavy atom. The largest absolute Gasteiger partial charge is 0.444 e. The normalized spacial score (nSPS) is 29.4. The van der Waals surface area contributed by atoms with Gasteiger partial charge in [0.2, 0.25) is 27.9 Å². The minimum atomic E-state index is -5.26. The first kappa shape index (κ1) is 37.7. The summed E-state index contributed by atoms with van der Waals surface area (Å²) in [4.78, 5) is 69.8. The Kier molecular flexibility index (Phi) is 10.4. The van der Waals surface area contributed by atoms with Gasteiger partial charge in [0, 0.05) is 36.8 Å². The summed E-state index contributed by atoms with van der Waals surface area (Å²) in [6.07, 6.45) is -5.65. The quantitative estimate of drug-likeness (QED) is 0.279. The number of benzene rings is 1. The number of hydrogen-bond donors (Lipinski definition) is 3. The molecule has 52 heavy (non-hydrogen) atoms. The molecule has 18 heteroatoms. The zero-order valence-electron chi connectivity index (χ0n) is 28.1. The molecule has 0 aromatic heterocycles. The number of fused-ring (bicyclic) bond motifs is 3. The third-order valence-corrected chi connectivity index (χ3v) is 12.3. The van der Waals surface area contributed by atoms with E-state index >= 15 is 0 Å². The number of carbonyl (C=O) groups excluding carboxylic acids is 5. The standard InChI is InChI=1S/C34H40F4N4O9S/c35-25-10-6-8-20-16-41(18-24(20)25)32(48)51-22-14-26-29(45)39-33(31(47)40-52(49,50)23-11-12-23)15-21(33)9-5-3-1-2-4-7-19(30(46)42(26)17-22)13-27(43)28(44)34(36,37)38/h5-6,8-10,19,21-23,26,28,44H,1-4,7,11-18H2,(H,39,45)(H,40,47)/b9-5-/t19-,21-,22-,26+,28?,33-/m1/s1. The summed E-state index contributed by atoms with van der Waals surface area (Å²) in [5.41, 5.74) is -0.807. The molecule has 3 fully saturated rings. The van der Waals surface area contributed by atoms with Gasteiger partial charge < -0.3 is 20.1 Å². The minimum Gasteiger partial charge on any atom is -0.444 e. The van der Waals surface area contributed by atoms with Gasteiger partial charge in [-0.15, -0.1) is 0 Å². The number of rotatable bonds is 7. The van der Waals surface area contributed by atoms with Gasteiger partial charge in [0.05, 0.1) is 18.3 Å². The van der Waals surface area contributed by atoms with Crippen LogP contribution in [0.5, 0.6) is 0 Å². The lowest BCUT2D eigenvalue weighted by Gasteiger charge is -2.29. The van der Waals surface area contributed by atoms with Crippen molar-refractivity contribution < 1.29 is 59.8 Å². The van der Waals surface area contributed by atoms with Crippen LogP contribution >= 0.6 is 0 Å². The van der Waals surface area contributed by atoms with Gasteiger partial charge in [-0.3, -0.25) is 28.8 Å². The molecule has 1 aromatic carbocycles. The number of alkyl halides is 3. The number of amides is 4. The summed E-state index contributed by atoms with van der Waals surface area (Å²) in [6, 6.07) is 2.96. The second kappa shape index (κ2) is 14.4. The zero-order valence-corrected chi connectivity index (χ0v) is 28.9. The van der Waals surface area contributed by atoms with Crippen molar-refractivity contribution in [3.05, 3.63) is 47.3 Å². The number of sulfonamides is 1. The highest BCUT2D eigenvalue weighted by molar-refractivity contribution is 7.91. The average Bonchev–Trinajstić information content (AvgIpc) is 3.96. The van der Waals surface area contributed by atoms with Crippen molar-refractivity contribution in [3.63, 3.8) is 0 Å². The molecule has 2 saturated carbocycles. The first-order chi connectivity index (χ1) is 24.5. The Balaban J connectivity index is 1.26. The maximum atomic E-state index is 14.4. The van der Waals surface area contributed by atoms with E-state index in [9.17, 15) is 55.1 Å². The number of halogens is 4. The van der Waals surface area contributed by atoms with Crippen molar-refractivity contribution in [2.75, 3.05) is 6.54 Å². The fourth-order valence-corrected chi connectivity index (χ4v) is 8.61. The Hall–Kier alpha value is -4.06. The van der Waals surface area contributed by atoms with Gasteiger partial charge in [0.25, 0.3) is 5.91 Å². The van der Waals surface area contributed by atoms with Crippen LogP contribution in [-0.2, 0) is 47.0 Å². The topological polar surface area (TPSA) is 179 Å². The maximum absolute atomic E-state index is 14.4. The van der Waals surface area contributed by atoms with E-state index in [1.54, 1.807) is 18.2 Å². The van der Waals surface area contributed by atoms with Gasteiger partial charge in [0.1, 0.15) is 23.5 Å². The molecule has 284 valence electrons. The predicted molar refractivity (Wildman–Crippen MR) is 172 cm³/mol. The summed E-state index contributed by atoms with van der Waals surface area (Å²) in [5.74, 6) is -6.81. The molecule has 0 radical (unpaired) electrons. The van der Waals surface area contributed by atoms with Crippen LogP contribution in [0.4, 0.5) is 22.4 Å². The third-order valence-electron chi connectivity index (χ3n) is 10.5.